The maximum absolute atomic E-state index is 12.7. The molecule has 1 N–H and O–H groups in total. The van der Waals surface area contributed by atoms with Gasteiger partial charge < -0.3 is 14.8 Å². The highest BCUT2D eigenvalue weighted by atomic mass is 16.5. The number of nitrogens with one attached hydrogen (secondary N) is 1. The van der Waals surface area contributed by atoms with Crippen LogP contribution in [-0.2, 0) is 11.3 Å². The van der Waals surface area contributed by atoms with Gasteiger partial charge in [-0.1, -0.05) is 6.07 Å². The number of hydrogen-bond donors (Lipinski definition) is 1. The Morgan fingerprint density at radius 3 is 2.45 bits per heavy atom. The minimum Gasteiger partial charge on any atom is -0.493 e. The summed E-state index contributed by atoms with van der Waals surface area (Å²) >= 11 is 0. The first-order valence-corrected chi connectivity index (χ1v) is 10.4. The lowest BCUT2D eigenvalue weighted by Crippen LogP contribution is -2.52. The molecule has 164 valence electrons. The van der Waals surface area contributed by atoms with Gasteiger partial charge in [0.15, 0.2) is 11.5 Å². The van der Waals surface area contributed by atoms with Gasteiger partial charge in [-0.25, -0.2) is 0 Å². The molecule has 1 atom stereocenters. The van der Waals surface area contributed by atoms with Crippen LogP contribution in [-0.4, -0.2) is 62.1 Å². The summed E-state index contributed by atoms with van der Waals surface area (Å²) in [5.41, 5.74) is 3.57. The highest BCUT2D eigenvalue weighted by Gasteiger charge is 2.26. The normalized spacial score (nSPS) is 15.7. The fourth-order valence-corrected chi connectivity index (χ4v) is 3.82. The van der Waals surface area contributed by atoms with Crippen molar-refractivity contribution in [2.24, 2.45) is 0 Å². The van der Waals surface area contributed by atoms with Crippen molar-refractivity contribution in [2.45, 2.75) is 26.4 Å². The molecule has 0 bridgehead atoms. The van der Waals surface area contributed by atoms with Gasteiger partial charge in [-0.3, -0.25) is 14.6 Å². The number of nitrogens with zero attached hydrogens (tertiary/aromatic N) is 3. The zero-order chi connectivity index (χ0) is 22.4. The third-order valence-corrected chi connectivity index (χ3v) is 5.83. The smallest absolute Gasteiger partial charge is 0.241 e. The molecule has 0 saturated carbocycles. The monoisotopic (exact) mass is 422 g/mol. The second kappa shape index (κ2) is 10.3. The Bertz CT molecular complexity index is 962. The van der Waals surface area contributed by atoms with Gasteiger partial charge in [0.05, 0.1) is 31.9 Å². The number of hydrogen-bond acceptors (Lipinski definition) is 6. The fraction of sp³-hybridized carbons (Fsp3) is 0.417. The molecule has 1 amide bonds. The van der Waals surface area contributed by atoms with E-state index in [1.165, 1.54) is 11.1 Å². The lowest BCUT2D eigenvalue weighted by molar-refractivity contribution is -0.121. The maximum atomic E-state index is 12.7. The minimum absolute atomic E-state index is 0.0562. The number of aryl methyl sites for hydroxylation is 1. The Morgan fingerprint density at radius 2 is 1.81 bits per heavy atom. The Balaban J connectivity index is 1.55. The second-order valence-electron chi connectivity index (χ2n) is 7.80. The summed E-state index contributed by atoms with van der Waals surface area (Å²) in [5.74, 6) is 1.43. The Kier molecular flexibility index (Phi) is 7.50. The second-order valence-corrected chi connectivity index (χ2v) is 7.80. The maximum Gasteiger partial charge on any atom is 0.241 e. The molecule has 31 heavy (non-hydrogen) atoms. The quantitative estimate of drug-likeness (QED) is 0.739. The number of ether oxygens (including phenoxy) is 2. The van der Waals surface area contributed by atoms with Crippen molar-refractivity contribution in [1.82, 2.24) is 9.80 Å². The molecule has 7 nitrogen and oxygen atoms in total. The lowest BCUT2D eigenvalue weighted by Gasteiger charge is -2.37. The van der Waals surface area contributed by atoms with Crippen molar-refractivity contribution in [3.63, 3.8) is 0 Å². The van der Waals surface area contributed by atoms with Gasteiger partial charge in [-0.05, 0) is 55.3 Å². The molecule has 7 heteroatoms. The molecule has 0 aliphatic carbocycles. The molecule has 0 radical (unpaired) electrons. The number of methoxy groups -OCH3 is 2. The molecule has 1 heterocycles. The molecule has 0 spiro atoms. The summed E-state index contributed by atoms with van der Waals surface area (Å²) < 4.78 is 10.8. The van der Waals surface area contributed by atoms with E-state index in [0.717, 1.165) is 44.2 Å². The molecule has 0 unspecified atom stereocenters. The molecule has 2 aromatic carbocycles. The number of benzene rings is 2. The van der Waals surface area contributed by atoms with Crippen LogP contribution in [0.3, 0.4) is 0 Å². The highest BCUT2D eigenvalue weighted by Crippen LogP contribution is 2.31. The van der Waals surface area contributed by atoms with E-state index >= 15 is 0 Å². The molecular weight excluding hydrogens is 392 g/mol. The van der Waals surface area contributed by atoms with E-state index < -0.39 is 0 Å². The van der Waals surface area contributed by atoms with E-state index in [4.69, 9.17) is 14.7 Å². The van der Waals surface area contributed by atoms with E-state index in [1.54, 1.807) is 38.5 Å². The van der Waals surface area contributed by atoms with Crippen LogP contribution in [0.15, 0.2) is 36.4 Å². The van der Waals surface area contributed by atoms with Crippen LogP contribution in [0.4, 0.5) is 5.69 Å². The summed E-state index contributed by atoms with van der Waals surface area (Å²) in [6.45, 7) is 8.25. The average molecular weight is 423 g/mol. The van der Waals surface area contributed by atoms with Gasteiger partial charge in [0, 0.05) is 38.4 Å². The topological polar surface area (TPSA) is 77.8 Å². The molecule has 3 rings (SSSR count). The first kappa shape index (κ1) is 22.6. The zero-order valence-corrected chi connectivity index (χ0v) is 18.6. The van der Waals surface area contributed by atoms with Gasteiger partial charge >= 0.3 is 0 Å². The third-order valence-electron chi connectivity index (χ3n) is 5.83. The van der Waals surface area contributed by atoms with Crippen LogP contribution >= 0.6 is 0 Å². The Morgan fingerprint density at radius 1 is 1.13 bits per heavy atom. The number of carbonyl (C=O) groups is 1. The van der Waals surface area contributed by atoms with Crippen LogP contribution < -0.4 is 14.8 Å². The van der Waals surface area contributed by atoms with Crippen LogP contribution in [0, 0.1) is 18.3 Å². The van der Waals surface area contributed by atoms with E-state index in [2.05, 4.69) is 28.1 Å². The number of rotatable bonds is 7. The molecule has 0 aromatic heterocycles. The number of anilines is 1. The van der Waals surface area contributed by atoms with Crippen LogP contribution in [0.2, 0.25) is 0 Å². The molecule has 2 aromatic rings. The summed E-state index contributed by atoms with van der Waals surface area (Å²) in [5, 5.41) is 11.9. The van der Waals surface area contributed by atoms with Crippen molar-refractivity contribution in [3.8, 4) is 17.6 Å². The average Bonchev–Trinajstić information content (AvgIpc) is 2.80. The van der Waals surface area contributed by atoms with E-state index in [-0.39, 0.29) is 11.9 Å². The van der Waals surface area contributed by atoms with Crippen molar-refractivity contribution >= 4 is 11.6 Å². The number of carbonyl (C=O) groups excluding carboxylic acids is 1. The predicted octanol–water partition coefficient (Wildman–Crippen LogP) is 3.03. The summed E-state index contributed by atoms with van der Waals surface area (Å²) in [7, 11) is 3.30. The first-order chi connectivity index (χ1) is 14.9. The van der Waals surface area contributed by atoms with E-state index in [0.29, 0.717) is 11.3 Å². The van der Waals surface area contributed by atoms with Crippen molar-refractivity contribution in [1.29, 1.82) is 5.26 Å². The number of piperazine rings is 1. The van der Waals surface area contributed by atoms with Crippen molar-refractivity contribution < 1.29 is 14.3 Å². The zero-order valence-electron chi connectivity index (χ0n) is 18.6. The van der Waals surface area contributed by atoms with Gasteiger partial charge in [-0.2, -0.15) is 5.26 Å². The lowest BCUT2D eigenvalue weighted by atomic mass is 10.1. The predicted molar refractivity (Wildman–Crippen MR) is 120 cm³/mol. The van der Waals surface area contributed by atoms with Gasteiger partial charge in [0.2, 0.25) is 5.91 Å². The van der Waals surface area contributed by atoms with Gasteiger partial charge in [0.1, 0.15) is 0 Å². The first-order valence-electron chi connectivity index (χ1n) is 10.4. The van der Waals surface area contributed by atoms with Crippen LogP contribution in [0.1, 0.15) is 23.6 Å². The van der Waals surface area contributed by atoms with E-state index in [1.807, 2.05) is 19.1 Å². The van der Waals surface area contributed by atoms with Crippen molar-refractivity contribution in [3.05, 3.63) is 53.1 Å². The van der Waals surface area contributed by atoms with Crippen molar-refractivity contribution in [2.75, 3.05) is 45.7 Å². The number of nitriles is 1. The van der Waals surface area contributed by atoms with Crippen LogP contribution in [0.5, 0.6) is 11.5 Å². The molecule has 1 aliphatic heterocycles. The Hall–Kier alpha value is -3.08. The molecule has 1 saturated heterocycles. The highest BCUT2D eigenvalue weighted by molar-refractivity contribution is 5.94. The molecule has 1 aliphatic rings. The minimum atomic E-state index is -0.240. The fourth-order valence-electron chi connectivity index (χ4n) is 3.82. The molecular formula is C24H30N4O3. The Labute approximate surface area is 184 Å². The molecule has 1 fully saturated rings. The van der Waals surface area contributed by atoms with Gasteiger partial charge in [0.25, 0.3) is 0 Å². The number of amides is 1. The SMILES string of the molecule is COc1cc(C)c(CN2CCN([C@@H](C)C(=O)Nc3cccc(C#N)c3)CC2)cc1OC. The third kappa shape index (κ3) is 5.54. The van der Waals surface area contributed by atoms with Gasteiger partial charge in [-0.15, -0.1) is 0 Å². The summed E-state index contributed by atoms with van der Waals surface area (Å²) in [4.78, 5) is 17.3. The summed E-state index contributed by atoms with van der Waals surface area (Å²) in [6, 6.07) is 12.9. The largest absolute Gasteiger partial charge is 0.493 e. The van der Waals surface area contributed by atoms with E-state index in [9.17, 15) is 4.79 Å². The standard InChI is InChI=1S/C24H30N4O3/c1-17-12-22(30-3)23(31-4)14-20(17)16-27-8-10-28(11-9-27)18(2)24(29)26-21-7-5-6-19(13-21)15-25/h5-7,12-14,18H,8-11,16H2,1-4H3,(H,26,29)/t18-/m0/s1. The summed E-state index contributed by atoms with van der Waals surface area (Å²) in [6.07, 6.45) is 0. The van der Waals surface area contributed by atoms with Crippen LogP contribution in [0.25, 0.3) is 0 Å².